The Balaban J connectivity index is 2.44. The van der Waals surface area contributed by atoms with Crippen molar-refractivity contribution >= 4 is 17.2 Å². The van der Waals surface area contributed by atoms with Gasteiger partial charge in [-0.05, 0) is 42.3 Å². The molecule has 0 atom stereocenters. The monoisotopic (exact) mass is 287 g/mol. The molecule has 0 saturated heterocycles. The van der Waals surface area contributed by atoms with Gasteiger partial charge in [-0.2, -0.15) is 0 Å². The van der Waals surface area contributed by atoms with Gasteiger partial charge in [-0.1, -0.05) is 24.2 Å². The van der Waals surface area contributed by atoms with E-state index in [0.29, 0.717) is 11.3 Å². The standard InChI is InChI=1S/C16H18FN3O/c1-3-11-4-7-13(8-5-11)20(2)15-9-6-12(17)10-14(15)16(18)19-21/h4-10,21H,3H2,1-2H3,(H2,18,19). The molecule has 2 aromatic carbocycles. The smallest absolute Gasteiger partial charge is 0.172 e. The summed E-state index contributed by atoms with van der Waals surface area (Å²) >= 11 is 0. The van der Waals surface area contributed by atoms with Crippen molar-refractivity contribution in [1.82, 2.24) is 0 Å². The van der Waals surface area contributed by atoms with Gasteiger partial charge in [-0.15, -0.1) is 0 Å². The van der Waals surface area contributed by atoms with Crippen molar-refractivity contribution in [2.24, 2.45) is 10.9 Å². The number of amidine groups is 1. The molecule has 0 spiro atoms. The van der Waals surface area contributed by atoms with Crippen molar-refractivity contribution in [3.05, 3.63) is 59.4 Å². The number of halogens is 1. The third kappa shape index (κ3) is 3.13. The Hall–Kier alpha value is -2.56. The van der Waals surface area contributed by atoms with E-state index in [2.05, 4.69) is 12.1 Å². The van der Waals surface area contributed by atoms with Crippen LogP contribution in [0, 0.1) is 5.82 Å². The van der Waals surface area contributed by atoms with E-state index in [1.807, 2.05) is 36.2 Å². The average molecular weight is 287 g/mol. The predicted molar refractivity (Wildman–Crippen MR) is 82.8 cm³/mol. The summed E-state index contributed by atoms with van der Waals surface area (Å²) in [5.41, 5.74) is 8.82. The molecule has 0 saturated carbocycles. The van der Waals surface area contributed by atoms with Crippen LogP contribution in [0.4, 0.5) is 15.8 Å². The maximum atomic E-state index is 13.4. The third-order valence-corrected chi connectivity index (χ3v) is 3.44. The molecule has 0 fully saturated rings. The summed E-state index contributed by atoms with van der Waals surface area (Å²) < 4.78 is 13.4. The Morgan fingerprint density at radius 2 is 1.90 bits per heavy atom. The summed E-state index contributed by atoms with van der Waals surface area (Å²) in [6, 6.07) is 12.3. The molecule has 21 heavy (non-hydrogen) atoms. The zero-order chi connectivity index (χ0) is 15.4. The van der Waals surface area contributed by atoms with Gasteiger partial charge in [0.05, 0.1) is 5.69 Å². The third-order valence-electron chi connectivity index (χ3n) is 3.44. The molecule has 0 bridgehead atoms. The molecule has 0 aliphatic carbocycles. The van der Waals surface area contributed by atoms with Crippen LogP contribution in [-0.2, 0) is 6.42 Å². The van der Waals surface area contributed by atoms with Crippen LogP contribution in [0.2, 0.25) is 0 Å². The lowest BCUT2D eigenvalue weighted by atomic mass is 10.1. The summed E-state index contributed by atoms with van der Waals surface area (Å²) in [4.78, 5) is 1.87. The summed E-state index contributed by atoms with van der Waals surface area (Å²) in [5.74, 6) is -0.559. The summed E-state index contributed by atoms with van der Waals surface area (Å²) in [5, 5.41) is 11.8. The van der Waals surface area contributed by atoms with Crippen molar-refractivity contribution in [2.75, 3.05) is 11.9 Å². The molecule has 5 heteroatoms. The number of anilines is 2. The fourth-order valence-electron chi connectivity index (χ4n) is 2.15. The molecule has 2 aromatic rings. The van der Waals surface area contributed by atoms with Gasteiger partial charge in [0, 0.05) is 18.3 Å². The van der Waals surface area contributed by atoms with Gasteiger partial charge in [-0.3, -0.25) is 0 Å². The van der Waals surface area contributed by atoms with Crippen LogP contribution in [0.5, 0.6) is 0 Å². The van der Waals surface area contributed by atoms with Gasteiger partial charge < -0.3 is 15.8 Å². The van der Waals surface area contributed by atoms with Gasteiger partial charge >= 0.3 is 0 Å². The second kappa shape index (κ2) is 6.26. The van der Waals surface area contributed by atoms with Crippen molar-refractivity contribution in [1.29, 1.82) is 0 Å². The molecule has 0 radical (unpaired) electrons. The molecular weight excluding hydrogens is 269 g/mol. The summed E-state index contributed by atoms with van der Waals surface area (Å²) in [6.07, 6.45) is 0.968. The van der Waals surface area contributed by atoms with E-state index in [-0.39, 0.29) is 5.84 Å². The zero-order valence-electron chi connectivity index (χ0n) is 12.0. The van der Waals surface area contributed by atoms with Crippen LogP contribution in [-0.4, -0.2) is 18.1 Å². The first-order valence-electron chi connectivity index (χ1n) is 6.67. The highest BCUT2D eigenvalue weighted by Crippen LogP contribution is 2.28. The number of rotatable bonds is 4. The van der Waals surface area contributed by atoms with E-state index < -0.39 is 5.82 Å². The van der Waals surface area contributed by atoms with Crippen LogP contribution in [0.3, 0.4) is 0 Å². The molecule has 0 aromatic heterocycles. The normalized spacial score (nSPS) is 11.5. The van der Waals surface area contributed by atoms with Gasteiger partial charge in [0.25, 0.3) is 0 Å². The topological polar surface area (TPSA) is 61.8 Å². The predicted octanol–water partition coefficient (Wildman–Crippen LogP) is 3.25. The molecule has 110 valence electrons. The number of oxime groups is 1. The maximum absolute atomic E-state index is 13.4. The van der Waals surface area contributed by atoms with E-state index in [1.165, 1.54) is 17.7 Å². The highest BCUT2D eigenvalue weighted by molar-refractivity contribution is 6.02. The summed E-state index contributed by atoms with van der Waals surface area (Å²) in [7, 11) is 1.85. The molecule has 0 aliphatic rings. The fraction of sp³-hybridized carbons (Fsp3) is 0.188. The Bertz CT molecular complexity index is 653. The van der Waals surface area contributed by atoms with Crippen LogP contribution >= 0.6 is 0 Å². The molecule has 0 unspecified atom stereocenters. The van der Waals surface area contributed by atoms with Gasteiger partial charge in [-0.25, -0.2) is 4.39 Å². The van der Waals surface area contributed by atoms with Crippen LogP contribution < -0.4 is 10.6 Å². The number of hydrogen-bond acceptors (Lipinski definition) is 3. The molecule has 2 rings (SSSR count). The van der Waals surface area contributed by atoms with Crippen LogP contribution in [0.15, 0.2) is 47.6 Å². The zero-order valence-corrected chi connectivity index (χ0v) is 12.0. The lowest BCUT2D eigenvalue weighted by Gasteiger charge is -2.22. The Kier molecular flexibility index (Phi) is 4.42. The first-order valence-corrected chi connectivity index (χ1v) is 6.67. The van der Waals surface area contributed by atoms with Crippen molar-refractivity contribution < 1.29 is 9.60 Å². The molecule has 0 aliphatic heterocycles. The van der Waals surface area contributed by atoms with Crippen molar-refractivity contribution in [3.63, 3.8) is 0 Å². The number of nitrogens with zero attached hydrogens (tertiary/aromatic N) is 2. The van der Waals surface area contributed by atoms with E-state index in [0.717, 1.165) is 12.1 Å². The fourth-order valence-corrected chi connectivity index (χ4v) is 2.15. The minimum atomic E-state index is -0.435. The lowest BCUT2D eigenvalue weighted by molar-refractivity contribution is 0.318. The Labute approximate surface area is 123 Å². The summed E-state index contributed by atoms with van der Waals surface area (Å²) in [6.45, 7) is 2.09. The van der Waals surface area contributed by atoms with Gasteiger partial charge in [0.1, 0.15) is 5.82 Å². The lowest BCUT2D eigenvalue weighted by Crippen LogP contribution is -2.19. The van der Waals surface area contributed by atoms with E-state index in [1.54, 1.807) is 6.07 Å². The maximum Gasteiger partial charge on any atom is 0.172 e. The Morgan fingerprint density at radius 3 is 2.48 bits per heavy atom. The van der Waals surface area contributed by atoms with E-state index in [9.17, 15) is 4.39 Å². The van der Waals surface area contributed by atoms with Crippen LogP contribution in [0.25, 0.3) is 0 Å². The van der Waals surface area contributed by atoms with Crippen LogP contribution in [0.1, 0.15) is 18.1 Å². The highest BCUT2D eigenvalue weighted by Gasteiger charge is 2.13. The number of benzene rings is 2. The van der Waals surface area contributed by atoms with Gasteiger partial charge in [0.15, 0.2) is 5.84 Å². The number of nitrogens with two attached hydrogens (primary N) is 1. The molecule has 3 N–H and O–H groups in total. The second-order valence-corrected chi connectivity index (χ2v) is 4.73. The Morgan fingerprint density at radius 1 is 1.24 bits per heavy atom. The SMILES string of the molecule is CCc1ccc(N(C)c2ccc(F)cc2C(N)=NO)cc1. The second-order valence-electron chi connectivity index (χ2n) is 4.73. The van der Waals surface area contributed by atoms with E-state index >= 15 is 0 Å². The average Bonchev–Trinajstić information content (AvgIpc) is 2.53. The first-order chi connectivity index (χ1) is 10.1. The van der Waals surface area contributed by atoms with Crippen molar-refractivity contribution in [2.45, 2.75) is 13.3 Å². The minimum Gasteiger partial charge on any atom is -0.409 e. The molecule has 0 heterocycles. The molecular formula is C16H18FN3O. The largest absolute Gasteiger partial charge is 0.409 e. The number of aryl methyl sites for hydroxylation is 1. The molecule has 4 nitrogen and oxygen atoms in total. The van der Waals surface area contributed by atoms with Gasteiger partial charge in [0.2, 0.25) is 0 Å². The molecule has 0 amide bonds. The minimum absolute atomic E-state index is 0.124. The first kappa shape index (κ1) is 14.8. The number of hydrogen-bond donors (Lipinski definition) is 2. The highest BCUT2D eigenvalue weighted by atomic mass is 19.1. The quantitative estimate of drug-likeness (QED) is 0.393. The van der Waals surface area contributed by atoms with E-state index in [4.69, 9.17) is 10.9 Å². The van der Waals surface area contributed by atoms with Crippen molar-refractivity contribution in [3.8, 4) is 0 Å².